The molecule has 5 rings (SSSR count). The first-order valence-electron chi connectivity index (χ1n) is 16.6. The zero-order valence-corrected chi connectivity index (χ0v) is 32.3. The van der Waals surface area contributed by atoms with Crippen LogP contribution in [0.3, 0.4) is 0 Å². The van der Waals surface area contributed by atoms with Gasteiger partial charge in [0.2, 0.25) is 17.4 Å². The van der Waals surface area contributed by atoms with Crippen molar-refractivity contribution in [2.24, 2.45) is 0 Å². The van der Waals surface area contributed by atoms with E-state index in [9.17, 15) is 19.8 Å². The van der Waals surface area contributed by atoms with Crippen LogP contribution >= 0.6 is 11.8 Å². The predicted molar refractivity (Wildman–Crippen MR) is 204 cm³/mol. The van der Waals surface area contributed by atoms with Crippen LogP contribution in [0.4, 0.5) is 0 Å². The second-order valence-electron chi connectivity index (χ2n) is 11.9. The Bertz CT molecular complexity index is 1960. The molecule has 2 atom stereocenters. The Kier molecular flexibility index (Phi) is 14.1. The average Bonchev–Trinajstić information content (AvgIpc) is 3.40. The Morgan fingerprint density at radius 3 is 1.92 bits per heavy atom. The van der Waals surface area contributed by atoms with E-state index in [1.54, 1.807) is 57.7 Å². The van der Waals surface area contributed by atoms with Gasteiger partial charge in [-0.1, -0.05) is 12.1 Å². The largest absolute Gasteiger partial charge is 0.504 e. The van der Waals surface area contributed by atoms with Crippen LogP contribution in [-0.4, -0.2) is 72.1 Å². The van der Waals surface area contributed by atoms with Crippen LogP contribution < -0.4 is 43.9 Å². The number of phenols is 1. The van der Waals surface area contributed by atoms with Gasteiger partial charge in [0.1, 0.15) is 0 Å². The van der Waals surface area contributed by atoms with E-state index in [4.69, 9.17) is 33.2 Å². The van der Waals surface area contributed by atoms with E-state index < -0.39 is 6.10 Å². The summed E-state index contributed by atoms with van der Waals surface area (Å²) in [6.45, 7) is 1.48. The van der Waals surface area contributed by atoms with Gasteiger partial charge in [-0.05, 0) is 89.4 Å². The van der Waals surface area contributed by atoms with Gasteiger partial charge in [0, 0.05) is 18.9 Å². The first kappa shape index (κ1) is 40.5. The lowest BCUT2D eigenvalue weighted by Crippen LogP contribution is -2.26. The SMILES string of the molecule is COc1cc2c(c(OC)c1OC)-c1ccc(SC)c(=O)cc1[C@@H](NC(C)=O)CC2.COc1ccc(C[C@@H](O)c2cc(OC)c(OC)c(OC)c2)cc1O. The number of aryl methyl sites for hydroxylation is 1. The molecule has 53 heavy (non-hydrogen) atoms. The third-order valence-corrected chi connectivity index (χ3v) is 9.62. The molecule has 0 spiro atoms. The highest BCUT2D eigenvalue weighted by molar-refractivity contribution is 7.98. The lowest BCUT2D eigenvalue weighted by molar-refractivity contribution is -0.119. The van der Waals surface area contributed by atoms with E-state index >= 15 is 0 Å². The Morgan fingerprint density at radius 1 is 0.792 bits per heavy atom. The first-order chi connectivity index (χ1) is 25.5. The summed E-state index contributed by atoms with van der Waals surface area (Å²) in [5.41, 5.74) is 4.81. The van der Waals surface area contributed by atoms with E-state index in [1.807, 2.05) is 24.5 Å². The maximum atomic E-state index is 12.7. The predicted octanol–water partition coefficient (Wildman–Crippen LogP) is 6.29. The van der Waals surface area contributed by atoms with Crippen molar-refractivity contribution in [1.82, 2.24) is 5.32 Å². The molecule has 0 radical (unpaired) electrons. The van der Waals surface area contributed by atoms with Crippen molar-refractivity contribution in [2.45, 2.75) is 43.2 Å². The highest BCUT2D eigenvalue weighted by Gasteiger charge is 2.29. The zero-order chi connectivity index (χ0) is 38.8. The van der Waals surface area contributed by atoms with Crippen molar-refractivity contribution in [2.75, 3.05) is 56.0 Å². The average molecular weight is 750 g/mol. The first-order valence-corrected chi connectivity index (χ1v) is 17.9. The molecule has 0 aromatic heterocycles. The van der Waals surface area contributed by atoms with Crippen LogP contribution in [0, 0.1) is 0 Å². The lowest BCUT2D eigenvalue weighted by Gasteiger charge is -2.19. The maximum absolute atomic E-state index is 12.7. The molecule has 0 fully saturated rings. The molecule has 0 unspecified atom stereocenters. The van der Waals surface area contributed by atoms with Gasteiger partial charge in [-0.25, -0.2) is 0 Å². The molecule has 1 aliphatic rings. The second-order valence-corrected chi connectivity index (χ2v) is 12.8. The number of phenolic OH excluding ortho intramolecular Hbond substituents is 1. The van der Waals surface area contributed by atoms with Crippen molar-refractivity contribution in [3.63, 3.8) is 0 Å². The van der Waals surface area contributed by atoms with Crippen molar-refractivity contribution in [1.29, 1.82) is 0 Å². The Labute approximate surface area is 313 Å². The number of hydrogen-bond donors (Lipinski definition) is 3. The van der Waals surface area contributed by atoms with Crippen LogP contribution in [0.2, 0.25) is 0 Å². The number of aromatic hydroxyl groups is 1. The second kappa shape index (κ2) is 18.5. The van der Waals surface area contributed by atoms with Crippen LogP contribution in [0.15, 0.2) is 64.3 Å². The van der Waals surface area contributed by atoms with Crippen molar-refractivity contribution < 1.29 is 48.2 Å². The number of benzene rings is 3. The maximum Gasteiger partial charge on any atom is 0.217 e. The Balaban J connectivity index is 0.000000241. The number of fused-ring (bicyclic) bond motifs is 3. The van der Waals surface area contributed by atoms with Crippen LogP contribution in [0.25, 0.3) is 11.1 Å². The molecule has 0 aliphatic heterocycles. The summed E-state index contributed by atoms with van der Waals surface area (Å²) in [6.07, 6.45) is 2.72. The molecule has 4 aromatic carbocycles. The number of methoxy groups -OCH3 is 7. The fourth-order valence-corrected chi connectivity index (χ4v) is 6.82. The molecule has 1 amide bonds. The van der Waals surface area contributed by atoms with Gasteiger partial charge in [-0.3, -0.25) is 9.59 Å². The van der Waals surface area contributed by atoms with Gasteiger partial charge in [0.05, 0.1) is 66.8 Å². The van der Waals surface area contributed by atoms with Crippen LogP contribution in [0.1, 0.15) is 47.7 Å². The van der Waals surface area contributed by atoms with Crippen molar-refractivity contribution >= 4 is 17.7 Å². The van der Waals surface area contributed by atoms with E-state index in [-0.39, 0.29) is 23.1 Å². The molecule has 12 nitrogen and oxygen atoms in total. The highest BCUT2D eigenvalue weighted by atomic mass is 32.2. The standard InChI is InChI=1S/C22H25NO5S.C18H22O6/c1-12(24)23-16-8-6-13-10-18(26-2)21(27-3)22(28-4)20(13)14-7-9-19(29-5)17(25)11-15(14)16;1-21-15-6-5-11(8-14(15)20)7-13(19)12-9-16(22-2)18(24-4)17(10-12)23-3/h7,9-11,16H,6,8H2,1-5H3,(H,23,24);5-6,8-10,13,19-20H,7H2,1-4H3/t16-;13-/m01/s1. The molecule has 0 saturated carbocycles. The van der Waals surface area contributed by atoms with Crippen LogP contribution in [0.5, 0.6) is 46.0 Å². The summed E-state index contributed by atoms with van der Waals surface area (Å²) in [5, 5.41) is 23.4. The number of amides is 1. The molecule has 0 bridgehead atoms. The number of nitrogens with one attached hydrogen (secondary N) is 1. The van der Waals surface area contributed by atoms with E-state index in [1.165, 1.54) is 47.1 Å². The number of aliphatic hydroxyl groups excluding tert-OH is 1. The molecule has 0 saturated heterocycles. The number of rotatable bonds is 12. The minimum absolute atomic E-state index is 0.0343. The molecule has 13 heteroatoms. The summed E-state index contributed by atoms with van der Waals surface area (Å²) in [6, 6.07) is 15.5. The van der Waals surface area contributed by atoms with Gasteiger partial charge in [0.25, 0.3) is 0 Å². The summed E-state index contributed by atoms with van der Waals surface area (Å²) in [4.78, 5) is 25.2. The molecular weight excluding hydrogens is 703 g/mol. The molecule has 0 heterocycles. The van der Waals surface area contributed by atoms with Crippen molar-refractivity contribution in [3.8, 4) is 57.1 Å². The number of thioether (sulfide) groups is 1. The lowest BCUT2D eigenvalue weighted by atomic mass is 9.95. The molecule has 284 valence electrons. The highest BCUT2D eigenvalue weighted by Crippen LogP contribution is 2.50. The van der Waals surface area contributed by atoms with Crippen molar-refractivity contribution in [3.05, 3.63) is 87.1 Å². The summed E-state index contributed by atoms with van der Waals surface area (Å²) in [7, 11) is 10.8. The fourth-order valence-electron chi connectivity index (χ4n) is 6.36. The smallest absolute Gasteiger partial charge is 0.217 e. The van der Waals surface area contributed by atoms with Gasteiger partial charge in [0.15, 0.2) is 39.9 Å². The minimum atomic E-state index is -0.800. The third-order valence-electron chi connectivity index (χ3n) is 8.84. The number of carbonyl (C=O) groups excluding carboxylic acids is 1. The molecule has 3 N–H and O–H groups in total. The quantitative estimate of drug-likeness (QED) is 0.140. The molecule has 4 aromatic rings. The van der Waals surface area contributed by atoms with E-state index in [2.05, 4.69) is 5.32 Å². The molecular formula is C40H47NO11S. The molecule has 1 aliphatic carbocycles. The monoisotopic (exact) mass is 749 g/mol. The summed E-state index contributed by atoms with van der Waals surface area (Å²) in [5.74, 6) is 3.33. The summed E-state index contributed by atoms with van der Waals surface area (Å²) < 4.78 is 37.7. The normalized spacial score (nSPS) is 13.4. The van der Waals surface area contributed by atoms with Gasteiger partial charge >= 0.3 is 0 Å². The topological polar surface area (TPSA) is 151 Å². The number of aliphatic hydroxyl groups is 1. The summed E-state index contributed by atoms with van der Waals surface area (Å²) >= 11 is 1.40. The zero-order valence-electron chi connectivity index (χ0n) is 31.4. The third kappa shape index (κ3) is 9.03. The minimum Gasteiger partial charge on any atom is -0.504 e. The Hall–Kier alpha value is -5.27. The number of carbonyl (C=O) groups is 1. The Morgan fingerprint density at radius 2 is 1.40 bits per heavy atom. The van der Waals surface area contributed by atoms with Gasteiger partial charge < -0.3 is 48.7 Å². The number of hydrogen-bond acceptors (Lipinski definition) is 12. The van der Waals surface area contributed by atoms with Crippen LogP contribution in [-0.2, 0) is 17.6 Å². The van der Waals surface area contributed by atoms with Gasteiger partial charge in [-0.15, -0.1) is 11.8 Å². The fraction of sp³-hybridized carbons (Fsp3) is 0.350. The van der Waals surface area contributed by atoms with Gasteiger partial charge in [-0.2, -0.15) is 0 Å². The number of ether oxygens (including phenoxy) is 7. The van der Waals surface area contributed by atoms with E-state index in [0.717, 1.165) is 27.8 Å². The van der Waals surface area contributed by atoms with E-state index in [0.29, 0.717) is 70.0 Å².